The molecule has 0 heteroatoms. The third kappa shape index (κ3) is 0.972. The van der Waals surface area contributed by atoms with Crippen LogP contribution in [-0.2, 0) is 0 Å². The van der Waals surface area contributed by atoms with Gasteiger partial charge in [0.15, 0.2) is 0 Å². The Bertz CT molecular complexity index is 174. The van der Waals surface area contributed by atoms with E-state index in [1.54, 1.807) is 0 Å². The van der Waals surface area contributed by atoms with Gasteiger partial charge in [0.1, 0.15) is 0 Å². The van der Waals surface area contributed by atoms with Crippen LogP contribution in [0.1, 0.15) is 25.7 Å². The summed E-state index contributed by atoms with van der Waals surface area (Å²) in [6.45, 7) is 6.00. The van der Waals surface area contributed by atoms with E-state index < -0.39 is 0 Å². The molecule has 0 saturated heterocycles. The van der Waals surface area contributed by atoms with E-state index in [0.29, 0.717) is 0 Å². The van der Waals surface area contributed by atoms with Gasteiger partial charge in [-0.2, -0.15) is 0 Å². The van der Waals surface area contributed by atoms with Gasteiger partial charge >= 0.3 is 0 Å². The van der Waals surface area contributed by atoms with Crippen molar-refractivity contribution >= 4 is 0 Å². The van der Waals surface area contributed by atoms with Crippen molar-refractivity contribution in [2.45, 2.75) is 25.7 Å². The Kier molecular flexibility index (Phi) is 2.08. The lowest BCUT2D eigenvalue weighted by Gasteiger charge is -2.19. The molecule has 0 aromatic rings. The Hall–Kier alpha value is -0.520. The monoisotopic (exact) mass is 162 g/mol. The molecule has 4 atom stereocenters. The predicted octanol–water partition coefficient (Wildman–Crippen LogP) is 3.41. The number of rotatable bonds is 0. The molecule has 0 nitrogen and oxygen atoms in total. The van der Waals surface area contributed by atoms with Crippen LogP contribution in [0.15, 0.2) is 25.3 Å². The van der Waals surface area contributed by atoms with Gasteiger partial charge < -0.3 is 0 Å². The van der Waals surface area contributed by atoms with Crippen LogP contribution in [0.25, 0.3) is 0 Å². The van der Waals surface area contributed by atoms with E-state index in [1.165, 1.54) is 25.7 Å². The molecule has 2 saturated carbocycles. The van der Waals surface area contributed by atoms with Crippen molar-refractivity contribution in [2.75, 3.05) is 0 Å². The second-order valence-corrected chi connectivity index (χ2v) is 4.21. The minimum Gasteiger partial charge on any atom is -0.106 e. The number of fused-ring (bicyclic) bond motifs is 5. The van der Waals surface area contributed by atoms with E-state index in [9.17, 15) is 0 Å². The summed E-state index contributed by atoms with van der Waals surface area (Å²) < 4.78 is 0. The largest absolute Gasteiger partial charge is 0.106 e. The first-order valence-electron chi connectivity index (χ1n) is 5.13. The highest BCUT2D eigenvalue weighted by Gasteiger charge is 2.46. The van der Waals surface area contributed by atoms with Gasteiger partial charge in [0.05, 0.1) is 0 Å². The minimum absolute atomic E-state index is 1.01. The molecular weight excluding hydrogens is 144 g/mol. The highest BCUT2D eigenvalue weighted by Crippen LogP contribution is 2.55. The minimum atomic E-state index is 1.01. The van der Waals surface area contributed by atoms with Crippen molar-refractivity contribution < 1.29 is 0 Å². The molecule has 0 heterocycles. The van der Waals surface area contributed by atoms with Gasteiger partial charge in [-0.25, -0.2) is 0 Å². The fourth-order valence-electron chi connectivity index (χ4n) is 3.47. The Labute approximate surface area is 75.4 Å². The summed E-state index contributed by atoms with van der Waals surface area (Å²) in [6.07, 6.45) is 11.1. The van der Waals surface area contributed by atoms with Crippen LogP contribution in [0.4, 0.5) is 0 Å². The zero-order chi connectivity index (χ0) is 8.55. The van der Waals surface area contributed by atoms with Crippen LogP contribution in [0.5, 0.6) is 0 Å². The normalized spacial score (nSPS) is 47.0. The molecule has 0 aromatic heterocycles. The van der Waals surface area contributed by atoms with Crippen molar-refractivity contribution in [3.05, 3.63) is 25.3 Å². The lowest BCUT2D eigenvalue weighted by atomic mass is 9.86. The molecule has 0 amide bonds. The first kappa shape index (κ1) is 8.10. The summed E-state index contributed by atoms with van der Waals surface area (Å²) in [5, 5.41) is 0. The summed E-state index contributed by atoms with van der Waals surface area (Å²) in [7, 11) is 0. The van der Waals surface area contributed by atoms with Crippen molar-refractivity contribution in [2.24, 2.45) is 23.7 Å². The molecule has 0 spiro atoms. The highest BCUT2D eigenvalue weighted by molar-refractivity contribution is 5.14. The first-order valence-corrected chi connectivity index (χ1v) is 5.13. The van der Waals surface area contributed by atoms with Crippen molar-refractivity contribution in [3.8, 4) is 0 Å². The zero-order valence-electron chi connectivity index (χ0n) is 7.71. The molecule has 0 N–H and O–H groups in total. The second kappa shape index (κ2) is 3.08. The fourth-order valence-corrected chi connectivity index (χ4v) is 3.47. The second-order valence-electron chi connectivity index (χ2n) is 4.21. The molecule has 12 heavy (non-hydrogen) atoms. The maximum absolute atomic E-state index is 3.00. The van der Waals surface area contributed by atoms with E-state index in [1.807, 2.05) is 0 Å². The number of hydrogen-bond donors (Lipinski definition) is 0. The highest BCUT2D eigenvalue weighted by atomic mass is 14.5. The van der Waals surface area contributed by atoms with E-state index in [4.69, 9.17) is 0 Å². The summed E-state index contributed by atoms with van der Waals surface area (Å²) in [5.41, 5.74) is 0. The maximum atomic E-state index is 3.00. The molecule has 0 aromatic carbocycles. The third-order valence-electron chi connectivity index (χ3n) is 3.87. The summed E-state index contributed by atoms with van der Waals surface area (Å²) in [4.78, 5) is 0. The van der Waals surface area contributed by atoms with Gasteiger partial charge in [0.2, 0.25) is 0 Å². The Morgan fingerprint density at radius 1 is 0.917 bits per heavy atom. The van der Waals surface area contributed by atoms with Gasteiger partial charge in [0, 0.05) is 0 Å². The molecular formula is C12H18. The Morgan fingerprint density at radius 2 is 1.42 bits per heavy atom. The molecule has 3 aliphatic carbocycles. The number of hydrogen-bond acceptors (Lipinski definition) is 0. The van der Waals surface area contributed by atoms with E-state index in [-0.39, 0.29) is 0 Å². The molecule has 4 unspecified atom stereocenters. The Morgan fingerprint density at radius 3 is 1.92 bits per heavy atom. The van der Waals surface area contributed by atoms with E-state index in [2.05, 4.69) is 25.3 Å². The van der Waals surface area contributed by atoms with Crippen molar-refractivity contribution in [1.82, 2.24) is 0 Å². The molecule has 3 aliphatic rings. The van der Waals surface area contributed by atoms with E-state index in [0.717, 1.165) is 23.7 Å². The number of allylic oxidation sites excluding steroid dienone is 2. The average molecular weight is 162 g/mol. The molecule has 0 aliphatic heterocycles. The van der Waals surface area contributed by atoms with Crippen LogP contribution >= 0.6 is 0 Å². The lowest BCUT2D eigenvalue weighted by Crippen LogP contribution is -2.12. The predicted molar refractivity (Wildman–Crippen MR) is 52.8 cm³/mol. The molecule has 2 bridgehead atoms. The van der Waals surface area contributed by atoms with E-state index >= 15 is 0 Å². The topological polar surface area (TPSA) is 0 Å². The van der Waals surface area contributed by atoms with Gasteiger partial charge in [-0.05, 0) is 42.9 Å². The standard InChI is InChI=1S/C10H14.C2H4/c1-2-9-7-4-5-8(6-7)10(9)3-1;1-2/h4-5,7-10H,1-3,6H2;1-2H2. The quantitative estimate of drug-likeness (QED) is 0.479. The summed E-state index contributed by atoms with van der Waals surface area (Å²) in [6, 6.07) is 0. The van der Waals surface area contributed by atoms with Gasteiger partial charge in [-0.1, -0.05) is 18.6 Å². The Balaban J connectivity index is 0.000000264. The smallest absolute Gasteiger partial charge is 0.0196 e. The summed E-state index contributed by atoms with van der Waals surface area (Å²) >= 11 is 0. The third-order valence-corrected chi connectivity index (χ3v) is 3.87. The van der Waals surface area contributed by atoms with Crippen molar-refractivity contribution in [3.63, 3.8) is 0 Å². The van der Waals surface area contributed by atoms with Crippen LogP contribution in [0, 0.1) is 23.7 Å². The van der Waals surface area contributed by atoms with Crippen LogP contribution in [0.3, 0.4) is 0 Å². The van der Waals surface area contributed by atoms with Crippen LogP contribution in [0.2, 0.25) is 0 Å². The first-order chi connectivity index (χ1) is 5.95. The van der Waals surface area contributed by atoms with Crippen LogP contribution < -0.4 is 0 Å². The van der Waals surface area contributed by atoms with Crippen molar-refractivity contribution in [1.29, 1.82) is 0 Å². The fraction of sp³-hybridized carbons (Fsp3) is 0.667. The molecule has 66 valence electrons. The zero-order valence-corrected chi connectivity index (χ0v) is 7.71. The van der Waals surface area contributed by atoms with Gasteiger partial charge in [-0.15, -0.1) is 13.2 Å². The summed E-state index contributed by atoms with van der Waals surface area (Å²) in [5.74, 6) is 4.26. The van der Waals surface area contributed by atoms with Gasteiger partial charge in [-0.3, -0.25) is 0 Å². The SMILES string of the molecule is C1=CC2CC1C1CCCC21.C=C. The lowest BCUT2D eigenvalue weighted by molar-refractivity contribution is 0.364. The average Bonchev–Trinajstić information content (AvgIpc) is 2.81. The molecule has 2 fully saturated rings. The molecule has 3 rings (SSSR count). The molecule has 0 radical (unpaired) electrons. The maximum Gasteiger partial charge on any atom is -0.0196 e. The van der Waals surface area contributed by atoms with Crippen LogP contribution in [-0.4, -0.2) is 0 Å². The van der Waals surface area contributed by atoms with Gasteiger partial charge in [0.25, 0.3) is 0 Å².